The Hall–Kier alpha value is -4.24. The van der Waals surface area contributed by atoms with E-state index >= 15 is 0 Å². The second-order valence-corrected chi connectivity index (χ2v) is 10.3. The fourth-order valence-corrected chi connectivity index (χ4v) is 6.33. The molecule has 41 heavy (non-hydrogen) atoms. The molecular weight excluding hydrogens is 536 g/mol. The highest BCUT2D eigenvalue weighted by atomic mass is 16.6. The van der Waals surface area contributed by atoms with Gasteiger partial charge in [0.05, 0.1) is 39.8 Å². The predicted molar refractivity (Wildman–Crippen MR) is 145 cm³/mol. The van der Waals surface area contributed by atoms with E-state index in [1.54, 1.807) is 31.2 Å². The van der Waals surface area contributed by atoms with Crippen molar-refractivity contribution >= 4 is 55.4 Å². The van der Waals surface area contributed by atoms with Crippen LogP contribution in [0.15, 0.2) is 36.4 Å². The first-order chi connectivity index (χ1) is 19.7. The summed E-state index contributed by atoms with van der Waals surface area (Å²) < 4.78 is 7.32. The highest BCUT2D eigenvalue weighted by molar-refractivity contribution is 6.39. The molecule has 0 bridgehead atoms. The molecule has 2 aliphatic heterocycles. The number of aromatic hydroxyl groups is 2. The third kappa shape index (κ3) is 3.21. The van der Waals surface area contributed by atoms with Gasteiger partial charge in [-0.1, -0.05) is 31.2 Å². The van der Waals surface area contributed by atoms with E-state index in [4.69, 9.17) is 4.74 Å². The SMILES string of the molecule is CCNN1C(=O)c2c(c3c4cccc(O)c4n([C@@H]4O[C@H](CO)[C@@H](O)[C@H](O)[C@H]4O)c3c3[nH]c4c(O)cccc4c23)C1=O. The highest BCUT2D eigenvalue weighted by Gasteiger charge is 2.47. The summed E-state index contributed by atoms with van der Waals surface area (Å²) in [5.74, 6) is -1.60. The Kier molecular flexibility index (Phi) is 5.57. The molecule has 7 rings (SSSR count). The Labute approximate surface area is 230 Å². The van der Waals surface area contributed by atoms with Crippen LogP contribution in [0.5, 0.6) is 11.5 Å². The molecular formula is C28H26N4O9. The van der Waals surface area contributed by atoms with Gasteiger partial charge in [-0.05, 0) is 12.1 Å². The largest absolute Gasteiger partial charge is 0.506 e. The second-order valence-electron chi connectivity index (χ2n) is 10.3. The van der Waals surface area contributed by atoms with Gasteiger partial charge in [0.1, 0.15) is 35.9 Å². The molecule has 1 saturated heterocycles. The zero-order valence-electron chi connectivity index (χ0n) is 21.6. The summed E-state index contributed by atoms with van der Waals surface area (Å²) in [4.78, 5) is 30.8. The quantitative estimate of drug-likeness (QED) is 0.146. The maximum Gasteiger partial charge on any atom is 0.276 e. The van der Waals surface area contributed by atoms with Crippen molar-refractivity contribution in [2.45, 2.75) is 37.6 Å². The molecule has 212 valence electrons. The molecule has 0 aliphatic carbocycles. The van der Waals surface area contributed by atoms with Crippen LogP contribution in [-0.2, 0) is 4.74 Å². The number of hydrogen-bond donors (Lipinski definition) is 8. The molecule has 5 aromatic rings. The van der Waals surface area contributed by atoms with E-state index in [0.29, 0.717) is 21.7 Å². The number of phenolic OH excluding ortho intramolecular Hbond substituents is 2. The van der Waals surface area contributed by atoms with Crippen molar-refractivity contribution in [3.05, 3.63) is 47.5 Å². The minimum Gasteiger partial charge on any atom is -0.506 e. The monoisotopic (exact) mass is 562 g/mol. The van der Waals surface area contributed by atoms with E-state index in [0.717, 1.165) is 5.01 Å². The van der Waals surface area contributed by atoms with Crippen LogP contribution in [0.3, 0.4) is 0 Å². The molecule has 2 aliphatic rings. The van der Waals surface area contributed by atoms with Gasteiger partial charge in [0.15, 0.2) is 6.23 Å². The average Bonchev–Trinajstić information content (AvgIpc) is 3.58. The van der Waals surface area contributed by atoms with Gasteiger partial charge in [0, 0.05) is 28.1 Å². The minimum atomic E-state index is -1.73. The van der Waals surface area contributed by atoms with Crippen molar-refractivity contribution in [1.82, 2.24) is 20.0 Å². The molecule has 1 fully saturated rings. The number of aromatic nitrogens is 2. The van der Waals surface area contributed by atoms with Crippen molar-refractivity contribution in [2.75, 3.05) is 13.2 Å². The van der Waals surface area contributed by atoms with Crippen LogP contribution in [0.2, 0.25) is 0 Å². The third-order valence-corrected chi connectivity index (χ3v) is 8.07. The minimum absolute atomic E-state index is 0.0432. The number of fused-ring (bicyclic) bond motifs is 10. The number of ether oxygens (including phenoxy) is 1. The number of imide groups is 1. The van der Waals surface area contributed by atoms with Gasteiger partial charge in [-0.15, -0.1) is 0 Å². The molecule has 13 heteroatoms. The second kappa shape index (κ2) is 8.88. The van der Waals surface area contributed by atoms with Crippen molar-refractivity contribution < 1.29 is 45.0 Å². The van der Waals surface area contributed by atoms with E-state index in [1.165, 1.54) is 16.7 Å². The van der Waals surface area contributed by atoms with Gasteiger partial charge in [0.2, 0.25) is 0 Å². The molecule has 2 aromatic heterocycles. The lowest BCUT2D eigenvalue weighted by molar-refractivity contribution is -0.249. The number of aliphatic hydroxyl groups is 4. The van der Waals surface area contributed by atoms with Crippen LogP contribution >= 0.6 is 0 Å². The average molecular weight is 563 g/mol. The summed E-state index contributed by atoms with van der Waals surface area (Å²) in [5.41, 5.74) is 3.86. The number of phenols is 2. The lowest BCUT2D eigenvalue weighted by Gasteiger charge is -2.41. The fourth-order valence-electron chi connectivity index (χ4n) is 6.33. The van der Waals surface area contributed by atoms with Gasteiger partial charge >= 0.3 is 0 Å². The number of amides is 2. The number of carbonyl (C=O) groups is 2. The van der Waals surface area contributed by atoms with Crippen molar-refractivity contribution in [3.63, 3.8) is 0 Å². The van der Waals surface area contributed by atoms with Gasteiger partial charge < -0.3 is 44.9 Å². The number of hydrazine groups is 1. The topological polar surface area (TPSA) is 201 Å². The van der Waals surface area contributed by atoms with Crippen LogP contribution in [0, 0.1) is 0 Å². The first kappa shape index (κ1) is 25.7. The van der Waals surface area contributed by atoms with Crippen LogP contribution in [-0.4, -0.2) is 94.6 Å². The molecule has 5 atom stereocenters. The zero-order chi connectivity index (χ0) is 28.9. The van der Waals surface area contributed by atoms with Crippen molar-refractivity contribution in [3.8, 4) is 11.5 Å². The van der Waals surface area contributed by atoms with E-state index in [-0.39, 0.29) is 51.1 Å². The van der Waals surface area contributed by atoms with Crippen molar-refractivity contribution in [2.24, 2.45) is 0 Å². The molecule has 0 saturated carbocycles. The number of nitrogens with one attached hydrogen (secondary N) is 2. The smallest absolute Gasteiger partial charge is 0.276 e. The highest BCUT2D eigenvalue weighted by Crippen LogP contribution is 2.49. The van der Waals surface area contributed by atoms with E-state index in [1.807, 2.05) is 0 Å². The summed E-state index contributed by atoms with van der Waals surface area (Å²) in [6.45, 7) is 1.33. The van der Waals surface area contributed by atoms with Crippen LogP contribution < -0.4 is 5.43 Å². The van der Waals surface area contributed by atoms with Gasteiger partial charge in [0.25, 0.3) is 11.8 Å². The number of carbonyl (C=O) groups excluding carboxylic acids is 2. The molecule has 4 heterocycles. The summed E-state index contributed by atoms with van der Waals surface area (Å²) >= 11 is 0. The molecule has 3 aromatic carbocycles. The normalized spacial score (nSPS) is 24.9. The number of aromatic amines is 1. The summed E-state index contributed by atoms with van der Waals surface area (Å²) in [7, 11) is 0. The zero-order valence-corrected chi connectivity index (χ0v) is 21.6. The Morgan fingerprint density at radius 2 is 1.51 bits per heavy atom. The number of hydrogen-bond acceptors (Lipinski definition) is 10. The Morgan fingerprint density at radius 1 is 0.854 bits per heavy atom. The number of para-hydroxylation sites is 2. The first-order valence-electron chi connectivity index (χ1n) is 13.1. The molecule has 0 unspecified atom stereocenters. The lowest BCUT2D eigenvalue weighted by atomic mass is 9.96. The summed E-state index contributed by atoms with van der Waals surface area (Å²) in [6, 6.07) is 9.35. The Morgan fingerprint density at radius 3 is 2.20 bits per heavy atom. The van der Waals surface area contributed by atoms with Crippen LogP contribution in [0.1, 0.15) is 33.9 Å². The molecule has 8 N–H and O–H groups in total. The fraction of sp³-hybridized carbons (Fsp3) is 0.286. The number of nitrogens with zero attached hydrogens (tertiary/aromatic N) is 2. The van der Waals surface area contributed by atoms with E-state index < -0.39 is 49.1 Å². The lowest BCUT2D eigenvalue weighted by Crippen LogP contribution is -2.56. The maximum absolute atomic E-state index is 13.9. The summed E-state index contributed by atoms with van der Waals surface area (Å²) in [5, 5.41) is 66.3. The number of aliphatic hydroxyl groups excluding tert-OH is 4. The number of benzene rings is 3. The molecule has 0 radical (unpaired) electrons. The standard InChI is InChI=1S/C28H26N4O9/c1-2-29-32-26(39)17-15-10-5-3-7-12(34)19(10)30-20(15)22-16(18(17)27(32)40)11-6-4-8-13(35)21(11)31(22)28-25(38)24(37)23(36)14(9-33)41-28/h3-8,14,23-25,28-30,33-38H,2,9H2,1H3/t14-,23-,24+,25-,28-/m1/s1. The summed E-state index contributed by atoms with van der Waals surface area (Å²) in [6.07, 6.45) is -7.82. The van der Waals surface area contributed by atoms with Crippen LogP contribution in [0.4, 0.5) is 0 Å². The van der Waals surface area contributed by atoms with E-state index in [2.05, 4.69) is 10.4 Å². The molecule has 13 nitrogen and oxygen atoms in total. The van der Waals surface area contributed by atoms with Crippen LogP contribution in [0.25, 0.3) is 43.6 Å². The third-order valence-electron chi connectivity index (χ3n) is 8.07. The van der Waals surface area contributed by atoms with Gasteiger partial charge in [-0.3, -0.25) is 9.59 Å². The maximum atomic E-state index is 13.9. The van der Waals surface area contributed by atoms with E-state index in [9.17, 15) is 40.2 Å². The molecule has 0 spiro atoms. The Balaban J connectivity index is 1.72. The predicted octanol–water partition coefficient (Wildman–Crippen LogP) is 0.933. The number of rotatable bonds is 4. The van der Waals surface area contributed by atoms with Gasteiger partial charge in [-0.2, -0.15) is 0 Å². The molecule has 2 amide bonds. The Bertz CT molecular complexity index is 1930. The number of H-pyrrole nitrogens is 1. The van der Waals surface area contributed by atoms with Crippen molar-refractivity contribution in [1.29, 1.82) is 0 Å². The van der Waals surface area contributed by atoms with Gasteiger partial charge in [-0.25, -0.2) is 10.4 Å². The first-order valence-corrected chi connectivity index (χ1v) is 13.1.